The van der Waals surface area contributed by atoms with Crippen molar-refractivity contribution < 1.29 is 13.5 Å². The highest BCUT2D eigenvalue weighted by Crippen LogP contribution is 2.22. The molecule has 0 aromatic heterocycles. The molecular formula is C11H15F2NO. The molecule has 1 rings (SSSR count). The van der Waals surface area contributed by atoms with Crippen LogP contribution in [0.5, 0.6) is 5.75 Å². The van der Waals surface area contributed by atoms with Gasteiger partial charge >= 0.3 is 0 Å². The fraction of sp³-hybridized carbons (Fsp3) is 0.455. The van der Waals surface area contributed by atoms with E-state index in [1.165, 1.54) is 0 Å². The highest BCUT2D eigenvalue weighted by molar-refractivity contribution is 5.29. The molecule has 0 aliphatic rings. The zero-order chi connectivity index (χ0) is 11.3. The fourth-order valence-electron chi connectivity index (χ4n) is 1.38. The molecule has 84 valence electrons. The number of nitrogens with one attached hydrogen (secondary N) is 1. The van der Waals surface area contributed by atoms with E-state index in [1.807, 2.05) is 0 Å². The summed E-state index contributed by atoms with van der Waals surface area (Å²) in [6.07, 6.45) is -2.40. The molecule has 0 saturated heterocycles. The number of halogens is 2. The number of hydrogen-bond acceptors (Lipinski definition) is 2. The predicted octanol–water partition coefficient (Wildman–Crippen LogP) is 2.61. The molecule has 0 amide bonds. The highest BCUT2D eigenvalue weighted by Gasteiger charge is 2.20. The van der Waals surface area contributed by atoms with Crippen LogP contribution >= 0.6 is 0 Å². The number of hydrogen-bond donors (Lipinski definition) is 1. The maximum atomic E-state index is 12.7. The summed E-state index contributed by atoms with van der Waals surface area (Å²) in [6, 6.07) is 5.77. The third-order valence-corrected chi connectivity index (χ3v) is 2.15. The van der Waals surface area contributed by atoms with Gasteiger partial charge < -0.3 is 10.1 Å². The SMILES string of the molecule is CCNC(c1ccc(OC)cc1)C(F)F. The molecule has 0 saturated carbocycles. The molecule has 1 N–H and O–H groups in total. The molecule has 0 radical (unpaired) electrons. The van der Waals surface area contributed by atoms with Crippen LogP contribution in [0.25, 0.3) is 0 Å². The molecule has 0 aliphatic carbocycles. The Hall–Kier alpha value is -1.16. The molecule has 1 aromatic carbocycles. The first-order valence-corrected chi connectivity index (χ1v) is 4.84. The second-order valence-corrected chi connectivity index (χ2v) is 3.14. The summed E-state index contributed by atoms with van der Waals surface area (Å²) in [7, 11) is 1.55. The van der Waals surface area contributed by atoms with Gasteiger partial charge in [0, 0.05) is 0 Å². The van der Waals surface area contributed by atoms with E-state index in [2.05, 4.69) is 5.32 Å². The number of alkyl halides is 2. The van der Waals surface area contributed by atoms with Crippen LogP contribution in [-0.4, -0.2) is 20.1 Å². The van der Waals surface area contributed by atoms with Crippen LogP contribution < -0.4 is 10.1 Å². The summed E-state index contributed by atoms with van der Waals surface area (Å²) in [5.74, 6) is 0.670. The van der Waals surface area contributed by atoms with E-state index in [4.69, 9.17) is 4.74 Å². The molecule has 0 bridgehead atoms. The first kappa shape index (κ1) is 11.9. The zero-order valence-corrected chi connectivity index (χ0v) is 8.84. The van der Waals surface area contributed by atoms with Crippen LogP contribution in [0.1, 0.15) is 18.5 Å². The molecule has 0 aliphatic heterocycles. The molecule has 2 nitrogen and oxygen atoms in total. The van der Waals surface area contributed by atoms with Crippen LogP contribution in [0.2, 0.25) is 0 Å². The molecule has 15 heavy (non-hydrogen) atoms. The van der Waals surface area contributed by atoms with Crippen LogP contribution in [0.15, 0.2) is 24.3 Å². The molecule has 0 spiro atoms. The Kier molecular flexibility index (Phi) is 4.49. The lowest BCUT2D eigenvalue weighted by atomic mass is 10.1. The predicted molar refractivity (Wildman–Crippen MR) is 55.4 cm³/mol. The largest absolute Gasteiger partial charge is 0.497 e. The fourth-order valence-corrected chi connectivity index (χ4v) is 1.38. The van der Waals surface area contributed by atoms with Crippen LogP contribution in [-0.2, 0) is 0 Å². The van der Waals surface area contributed by atoms with Crippen molar-refractivity contribution in [3.05, 3.63) is 29.8 Å². The summed E-state index contributed by atoms with van der Waals surface area (Å²) in [5.41, 5.74) is 0.577. The van der Waals surface area contributed by atoms with E-state index < -0.39 is 12.5 Å². The Morgan fingerprint density at radius 2 is 1.87 bits per heavy atom. The van der Waals surface area contributed by atoms with Crippen molar-refractivity contribution in [3.63, 3.8) is 0 Å². The van der Waals surface area contributed by atoms with Gasteiger partial charge in [-0.2, -0.15) is 0 Å². The lowest BCUT2D eigenvalue weighted by Gasteiger charge is -2.17. The van der Waals surface area contributed by atoms with E-state index in [-0.39, 0.29) is 0 Å². The average Bonchev–Trinajstić information content (AvgIpc) is 2.26. The summed E-state index contributed by atoms with van der Waals surface area (Å²) < 4.78 is 30.3. The topological polar surface area (TPSA) is 21.3 Å². The monoisotopic (exact) mass is 215 g/mol. The van der Waals surface area contributed by atoms with Crippen molar-refractivity contribution in [2.24, 2.45) is 0 Å². The van der Waals surface area contributed by atoms with Crippen LogP contribution in [0.4, 0.5) is 8.78 Å². The molecule has 1 aromatic rings. The first-order valence-electron chi connectivity index (χ1n) is 4.84. The standard InChI is InChI=1S/C11H15F2NO/c1-3-14-10(11(12)13)8-4-6-9(15-2)7-5-8/h4-7,10-11,14H,3H2,1-2H3. The number of benzene rings is 1. The van der Waals surface area contributed by atoms with Crippen molar-refractivity contribution >= 4 is 0 Å². The van der Waals surface area contributed by atoms with E-state index >= 15 is 0 Å². The van der Waals surface area contributed by atoms with Crippen molar-refractivity contribution in [1.29, 1.82) is 0 Å². The van der Waals surface area contributed by atoms with E-state index in [0.717, 1.165) is 0 Å². The van der Waals surface area contributed by atoms with E-state index in [0.29, 0.717) is 17.9 Å². The zero-order valence-electron chi connectivity index (χ0n) is 8.84. The molecule has 0 heterocycles. The minimum Gasteiger partial charge on any atom is -0.497 e. The quantitative estimate of drug-likeness (QED) is 0.815. The molecule has 1 atom stereocenters. The number of ether oxygens (including phenoxy) is 1. The maximum Gasteiger partial charge on any atom is 0.257 e. The van der Waals surface area contributed by atoms with Gasteiger partial charge in [-0.1, -0.05) is 19.1 Å². The van der Waals surface area contributed by atoms with Crippen molar-refractivity contribution in [1.82, 2.24) is 5.32 Å². The van der Waals surface area contributed by atoms with Gasteiger partial charge in [0.25, 0.3) is 6.43 Å². The molecule has 4 heteroatoms. The molecular weight excluding hydrogens is 200 g/mol. The summed E-state index contributed by atoms with van der Waals surface area (Å²) >= 11 is 0. The van der Waals surface area contributed by atoms with E-state index in [9.17, 15) is 8.78 Å². The van der Waals surface area contributed by atoms with Gasteiger partial charge in [-0.05, 0) is 24.2 Å². The third-order valence-electron chi connectivity index (χ3n) is 2.15. The molecule has 0 fully saturated rings. The van der Waals surface area contributed by atoms with Gasteiger partial charge in [0.2, 0.25) is 0 Å². The summed E-state index contributed by atoms with van der Waals surface area (Å²) in [6.45, 7) is 2.32. The minimum absolute atomic E-state index is 0.515. The number of rotatable bonds is 5. The second kappa shape index (κ2) is 5.66. The van der Waals surface area contributed by atoms with Crippen LogP contribution in [0.3, 0.4) is 0 Å². The Balaban J connectivity index is 2.81. The Morgan fingerprint density at radius 1 is 1.27 bits per heavy atom. The lowest BCUT2D eigenvalue weighted by Crippen LogP contribution is -2.26. The van der Waals surface area contributed by atoms with Gasteiger partial charge in [0.05, 0.1) is 13.2 Å². The molecule has 1 unspecified atom stereocenters. The van der Waals surface area contributed by atoms with Crippen molar-refractivity contribution in [2.75, 3.05) is 13.7 Å². The van der Waals surface area contributed by atoms with Gasteiger partial charge in [-0.15, -0.1) is 0 Å². The van der Waals surface area contributed by atoms with Crippen LogP contribution in [0, 0.1) is 0 Å². The van der Waals surface area contributed by atoms with Gasteiger partial charge in [0.15, 0.2) is 0 Å². The third kappa shape index (κ3) is 3.16. The smallest absolute Gasteiger partial charge is 0.257 e. The van der Waals surface area contributed by atoms with E-state index in [1.54, 1.807) is 38.3 Å². The van der Waals surface area contributed by atoms with Gasteiger partial charge in [-0.25, -0.2) is 8.78 Å². The normalized spacial score (nSPS) is 12.9. The average molecular weight is 215 g/mol. The Morgan fingerprint density at radius 3 is 2.27 bits per heavy atom. The minimum atomic E-state index is -2.40. The Bertz CT molecular complexity index is 287. The Labute approximate surface area is 88.3 Å². The van der Waals surface area contributed by atoms with Gasteiger partial charge in [0.1, 0.15) is 5.75 Å². The first-order chi connectivity index (χ1) is 7.19. The number of methoxy groups -OCH3 is 1. The lowest BCUT2D eigenvalue weighted by molar-refractivity contribution is 0.0992. The summed E-state index contributed by atoms with van der Waals surface area (Å²) in [5, 5.41) is 2.74. The summed E-state index contributed by atoms with van der Waals surface area (Å²) in [4.78, 5) is 0. The van der Waals surface area contributed by atoms with Gasteiger partial charge in [-0.3, -0.25) is 0 Å². The second-order valence-electron chi connectivity index (χ2n) is 3.14. The van der Waals surface area contributed by atoms with Crippen molar-refractivity contribution in [3.8, 4) is 5.75 Å². The van der Waals surface area contributed by atoms with Crippen molar-refractivity contribution in [2.45, 2.75) is 19.4 Å². The highest BCUT2D eigenvalue weighted by atomic mass is 19.3. The maximum absolute atomic E-state index is 12.7.